The molecule has 23 heavy (non-hydrogen) atoms. The second kappa shape index (κ2) is 7.18. The summed E-state index contributed by atoms with van der Waals surface area (Å²) >= 11 is 0. The van der Waals surface area contributed by atoms with Crippen molar-refractivity contribution in [2.24, 2.45) is 0 Å². The molecule has 0 saturated carbocycles. The summed E-state index contributed by atoms with van der Waals surface area (Å²) in [7, 11) is 3.44. The summed E-state index contributed by atoms with van der Waals surface area (Å²) in [5, 5.41) is 3.08. The van der Waals surface area contributed by atoms with Crippen molar-refractivity contribution in [2.45, 2.75) is 25.9 Å². The monoisotopic (exact) mass is 312 g/mol. The predicted octanol–water partition coefficient (Wildman–Crippen LogP) is 3.77. The molecule has 2 amide bonds. The molecule has 2 aromatic carbocycles. The average Bonchev–Trinajstić information content (AvgIpc) is 2.55. The Labute approximate surface area is 138 Å². The first-order chi connectivity index (χ1) is 10.9. The van der Waals surface area contributed by atoms with Crippen LogP contribution in [0.15, 0.2) is 54.6 Å². The first-order valence-electron chi connectivity index (χ1n) is 7.64. The highest BCUT2D eigenvalue weighted by Crippen LogP contribution is 2.23. The van der Waals surface area contributed by atoms with E-state index in [0.717, 1.165) is 16.9 Å². The molecule has 2 aromatic rings. The van der Waals surface area contributed by atoms with Crippen molar-refractivity contribution in [1.29, 1.82) is 0 Å². The number of urea groups is 1. The van der Waals surface area contributed by atoms with Crippen LogP contribution in [0, 0.1) is 0 Å². The first kappa shape index (κ1) is 16.9. The fourth-order valence-electron chi connectivity index (χ4n) is 2.37. The Kier molecular flexibility index (Phi) is 5.27. The van der Waals surface area contributed by atoms with Gasteiger partial charge in [0, 0.05) is 13.6 Å². The maximum atomic E-state index is 12.4. The number of hydrogen-bond acceptors (Lipinski definition) is 2. The van der Waals surface area contributed by atoms with Crippen molar-refractivity contribution < 1.29 is 9.53 Å². The molecule has 0 aliphatic rings. The van der Waals surface area contributed by atoms with Gasteiger partial charge in [0.05, 0.1) is 12.6 Å². The zero-order valence-corrected chi connectivity index (χ0v) is 14.2. The molecular formula is C19H24N2O2. The van der Waals surface area contributed by atoms with Crippen LogP contribution in [0.25, 0.3) is 0 Å². The van der Waals surface area contributed by atoms with Gasteiger partial charge in [-0.3, -0.25) is 0 Å². The van der Waals surface area contributed by atoms with Gasteiger partial charge in [-0.15, -0.1) is 0 Å². The SMILES string of the molecule is COc1ccc(C(C)(C)NC(=O)N(C)Cc2ccccc2)cc1. The van der Waals surface area contributed by atoms with E-state index in [1.165, 1.54) is 0 Å². The van der Waals surface area contributed by atoms with Crippen molar-refractivity contribution in [2.75, 3.05) is 14.2 Å². The topological polar surface area (TPSA) is 41.6 Å². The third-order valence-electron chi connectivity index (χ3n) is 3.84. The maximum Gasteiger partial charge on any atom is 0.318 e. The lowest BCUT2D eigenvalue weighted by Gasteiger charge is -2.30. The molecule has 0 atom stereocenters. The number of ether oxygens (including phenoxy) is 1. The van der Waals surface area contributed by atoms with Crippen LogP contribution in [-0.2, 0) is 12.1 Å². The average molecular weight is 312 g/mol. The van der Waals surface area contributed by atoms with Gasteiger partial charge in [-0.05, 0) is 37.1 Å². The van der Waals surface area contributed by atoms with Gasteiger partial charge in [-0.1, -0.05) is 42.5 Å². The lowest BCUT2D eigenvalue weighted by atomic mass is 9.94. The van der Waals surface area contributed by atoms with Crippen LogP contribution in [0.4, 0.5) is 4.79 Å². The number of hydrogen-bond donors (Lipinski definition) is 1. The lowest BCUT2D eigenvalue weighted by molar-refractivity contribution is 0.195. The molecule has 4 nitrogen and oxygen atoms in total. The summed E-state index contributed by atoms with van der Waals surface area (Å²) in [6, 6.07) is 17.6. The lowest BCUT2D eigenvalue weighted by Crippen LogP contribution is -2.46. The molecule has 2 rings (SSSR count). The Morgan fingerprint density at radius 1 is 1.09 bits per heavy atom. The Balaban J connectivity index is 2.01. The highest BCUT2D eigenvalue weighted by Gasteiger charge is 2.24. The smallest absolute Gasteiger partial charge is 0.318 e. The molecule has 0 unspecified atom stereocenters. The molecule has 0 heterocycles. The number of rotatable bonds is 5. The van der Waals surface area contributed by atoms with Gasteiger partial charge in [-0.2, -0.15) is 0 Å². The first-order valence-corrected chi connectivity index (χ1v) is 7.64. The molecule has 1 N–H and O–H groups in total. The number of benzene rings is 2. The summed E-state index contributed by atoms with van der Waals surface area (Å²) in [6.45, 7) is 4.55. The fourth-order valence-corrected chi connectivity index (χ4v) is 2.37. The van der Waals surface area contributed by atoms with Gasteiger partial charge in [0.25, 0.3) is 0 Å². The maximum absolute atomic E-state index is 12.4. The van der Waals surface area contributed by atoms with Crippen LogP contribution in [-0.4, -0.2) is 25.1 Å². The summed E-state index contributed by atoms with van der Waals surface area (Å²) in [5.74, 6) is 0.803. The largest absolute Gasteiger partial charge is 0.497 e. The number of carbonyl (C=O) groups is 1. The second-order valence-electron chi connectivity index (χ2n) is 6.13. The summed E-state index contributed by atoms with van der Waals surface area (Å²) in [5.41, 5.74) is 1.67. The molecule has 0 saturated heterocycles. The quantitative estimate of drug-likeness (QED) is 0.913. The molecule has 122 valence electrons. The van der Waals surface area contributed by atoms with Crippen molar-refractivity contribution in [1.82, 2.24) is 10.2 Å². The standard InChI is InChI=1S/C19H24N2O2/c1-19(2,16-10-12-17(23-4)13-11-16)20-18(22)21(3)14-15-8-6-5-7-9-15/h5-13H,14H2,1-4H3,(H,20,22). The minimum atomic E-state index is -0.464. The van der Waals surface area contributed by atoms with Crippen molar-refractivity contribution in [3.8, 4) is 5.75 Å². The van der Waals surface area contributed by atoms with E-state index in [9.17, 15) is 4.79 Å². The Bertz CT molecular complexity index is 636. The summed E-state index contributed by atoms with van der Waals surface area (Å²) < 4.78 is 5.17. The summed E-state index contributed by atoms with van der Waals surface area (Å²) in [6.07, 6.45) is 0. The third kappa shape index (κ3) is 4.49. The van der Waals surface area contributed by atoms with E-state index in [4.69, 9.17) is 4.74 Å². The normalized spacial score (nSPS) is 11.0. The van der Waals surface area contributed by atoms with E-state index < -0.39 is 5.54 Å². The highest BCUT2D eigenvalue weighted by atomic mass is 16.5. The molecule has 0 fully saturated rings. The minimum absolute atomic E-state index is 0.102. The molecular weight excluding hydrogens is 288 g/mol. The van der Waals surface area contributed by atoms with Gasteiger partial charge in [0.15, 0.2) is 0 Å². The van der Waals surface area contributed by atoms with Gasteiger partial charge in [0.2, 0.25) is 0 Å². The van der Waals surface area contributed by atoms with Crippen molar-refractivity contribution in [3.63, 3.8) is 0 Å². The van der Waals surface area contributed by atoms with Crippen LogP contribution in [0.1, 0.15) is 25.0 Å². The van der Waals surface area contributed by atoms with Crippen LogP contribution in [0.2, 0.25) is 0 Å². The molecule has 0 aliphatic heterocycles. The van der Waals surface area contributed by atoms with Gasteiger partial charge >= 0.3 is 6.03 Å². The van der Waals surface area contributed by atoms with Crippen LogP contribution in [0.3, 0.4) is 0 Å². The van der Waals surface area contributed by atoms with Crippen molar-refractivity contribution in [3.05, 3.63) is 65.7 Å². The van der Waals surface area contributed by atoms with Crippen LogP contribution in [0.5, 0.6) is 5.75 Å². The van der Waals surface area contributed by atoms with E-state index in [-0.39, 0.29) is 6.03 Å². The third-order valence-corrected chi connectivity index (χ3v) is 3.84. The van der Waals surface area contributed by atoms with Gasteiger partial charge in [-0.25, -0.2) is 4.79 Å². The van der Waals surface area contributed by atoms with E-state index in [2.05, 4.69) is 5.32 Å². The number of carbonyl (C=O) groups excluding carboxylic acids is 1. The molecule has 0 radical (unpaired) electrons. The van der Waals surface area contributed by atoms with Crippen LogP contribution >= 0.6 is 0 Å². The van der Waals surface area contributed by atoms with E-state index in [0.29, 0.717) is 6.54 Å². The minimum Gasteiger partial charge on any atom is -0.497 e. The summed E-state index contributed by atoms with van der Waals surface area (Å²) in [4.78, 5) is 14.1. The zero-order chi connectivity index (χ0) is 16.9. The van der Waals surface area contributed by atoms with Crippen LogP contribution < -0.4 is 10.1 Å². The molecule has 0 aliphatic carbocycles. The predicted molar refractivity (Wildman–Crippen MR) is 92.5 cm³/mol. The van der Waals surface area contributed by atoms with Gasteiger partial charge < -0.3 is 15.0 Å². The molecule has 0 spiro atoms. The Morgan fingerprint density at radius 2 is 1.70 bits per heavy atom. The van der Waals surface area contributed by atoms with Gasteiger partial charge in [0.1, 0.15) is 5.75 Å². The zero-order valence-electron chi connectivity index (χ0n) is 14.2. The van der Waals surface area contributed by atoms with E-state index in [1.54, 1.807) is 19.1 Å². The van der Waals surface area contributed by atoms with E-state index in [1.807, 2.05) is 68.4 Å². The Morgan fingerprint density at radius 3 is 2.26 bits per heavy atom. The number of nitrogens with zero attached hydrogens (tertiary/aromatic N) is 1. The number of methoxy groups -OCH3 is 1. The van der Waals surface area contributed by atoms with E-state index >= 15 is 0 Å². The number of amides is 2. The second-order valence-corrected chi connectivity index (χ2v) is 6.13. The fraction of sp³-hybridized carbons (Fsp3) is 0.316. The molecule has 4 heteroatoms. The number of nitrogens with one attached hydrogen (secondary N) is 1. The Hall–Kier alpha value is -2.49. The molecule has 0 aromatic heterocycles. The molecule has 0 bridgehead atoms. The highest BCUT2D eigenvalue weighted by molar-refractivity contribution is 5.75. The van der Waals surface area contributed by atoms with Crippen molar-refractivity contribution >= 4 is 6.03 Å².